The van der Waals surface area contributed by atoms with Gasteiger partial charge in [0.05, 0.1) is 4.88 Å². The highest BCUT2D eigenvalue weighted by molar-refractivity contribution is 7.20. The van der Waals surface area contributed by atoms with E-state index in [9.17, 15) is 0 Å². The van der Waals surface area contributed by atoms with Crippen LogP contribution in [0.5, 0.6) is 0 Å². The Morgan fingerprint density at radius 2 is 2.29 bits per heavy atom. The molecule has 17 heavy (non-hydrogen) atoms. The highest BCUT2D eigenvalue weighted by atomic mass is 32.1. The van der Waals surface area contributed by atoms with Crippen molar-refractivity contribution in [1.29, 1.82) is 0 Å². The average molecular weight is 265 g/mol. The second-order valence-corrected chi connectivity index (χ2v) is 6.39. The Hall–Kier alpha value is -0.780. The molecular weight excluding hydrogens is 250 g/mol. The molecule has 0 unspecified atom stereocenters. The zero-order valence-electron chi connectivity index (χ0n) is 9.77. The molecule has 0 atom stereocenters. The van der Waals surface area contributed by atoms with E-state index in [4.69, 9.17) is 0 Å². The number of thiophene rings is 1. The molecule has 0 amide bonds. The maximum absolute atomic E-state index is 4.28. The predicted molar refractivity (Wildman–Crippen MR) is 72.7 cm³/mol. The molecule has 5 heteroatoms. The minimum Gasteiger partial charge on any atom is -0.314 e. The highest BCUT2D eigenvalue weighted by Crippen LogP contribution is 2.31. The van der Waals surface area contributed by atoms with Crippen LogP contribution < -0.4 is 5.32 Å². The Morgan fingerprint density at radius 3 is 3.00 bits per heavy atom. The van der Waals surface area contributed by atoms with Gasteiger partial charge in [0.1, 0.15) is 5.01 Å². The fraction of sp³-hybridized carbons (Fsp3) is 0.500. The Balaban J connectivity index is 1.63. The summed E-state index contributed by atoms with van der Waals surface area (Å²) < 4.78 is 0. The van der Waals surface area contributed by atoms with Crippen molar-refractivity contribution in [3.8, 4) is 9.88 Å². The first kappa shape index (κ1) is 11.3. The lowest BCUT2D eigenvalue weighted by atomic mass is 10.3. The molecule has 0 bridgehead atoms. The second kappa shape index (κ2) is 4.84. The van der Waals surface area contributed by atoms with Crippen LogP contribution >= 0.6 is 22.7 Å². The van der Waals surface area contributed by atoms with E-state index in [1.807, 2.05) is 0 Å². The minimum absolute atomic E-state index is 0.780. The third-order valence-electron chi connectivity index (χ3n) is 2.87. The Kier molecular flexibility index (Phi) is 3.22. The zero-order valence-corrected chi connectivity index (χ0v) is 11.4. The van der Waals surface area contributed by atoms with Gasteiger partial charge in [-0.2, -0.15) is 0 Å². The fourth-order valence-electron chi connectivity index (χ4n) is 1.71. The van der Waals surface area contributed by atoms with Crippen molar-refractivity contribution in [2.24, 2.45) is 0 Å². The van der Waals surface area contributed by atoms with Crippen molar-refractivity contribution in [3.05, 3.63) is 22.0 Å². The highest BCUT2D eigenvalue weighted by Gasteiger charge is 2.20. The molecule has 0 aromatic carbocycles. The maximum atomic E-state index is 4.28. The molecule has 0 radical (unpaired) electrons. The molecule has 1 aliphatic rings. The summed E-state index contributed by atoms with van der Waals surface area (Å²) >= 11 is 3.47. The van der Waals surface area contributed by atoms with Gasteiger partial charge in [-0.05, 0) is 36.8 Å². The first-order valence-electron chi connectivity index (χ1n) is 5.93. The van der Waals surface area contributed by atoms with Crippen LogP contribution in [0.3, 0.4) is 0 Å². The Labute approximate surface area is 109 Å². The molecule has 0 aliphatic heterocycles. The van der Waals surface area contributed by atoms with Crippen LogP contribution in [0.15, 0.2) is 11.4 Å². The number of aromatic nitrogens is 2. The van der Waals surface area contributed by atoms with Crippen LogP contribution in [-0.2, 0) is 6.42 Å². The fourth-order valence-corrected chi connectivity index (χ4v) is 3.63. The standard InChI is InChI=1S/C12H15N3S2/c1-8-5-7-16-11(8)12-15-14-10(17-12)4-6-13-9-2-3-9/h5,7,9,13H,2-4,6H2,1H3. The number of hydrogen-bond donors (Lipinski definition) is 1. The summed E-state index contributed by atoms with van der Waals surface area (Å²) in [5.74, 6) is 0. The van der Waals surface area contributed by atoms with Crippen molar-refractivity contribution in [1.82, 2.24) is 15.5 Å². The number of hydrogen-bond acceptors (Lipinski definition) is 5. The van der Waals surface area contributed by atoms with Gasteiger partial charge in [-0.15, -0.1) is 21.5 Å². The van der Waals surface area contributed by atoms with Crippen molar-refractivity contribution in [3.63, 3.8) is 0 Å². The summed E-state index contributed by atoms with van der Waals surface area (Å²) in [5.41, 5.74) is 1.30. The minimum atomic E-state index is 0.780. The van der Waals surface area contributed by atoms with Crippen molar-refractivity contribution >= 4 is 22.7 Å². The molecule has 3 rings (SSSR count). The topological polar surface area (TPSA) is 37.8 Å². The summed E-state index contributed by atoms with van der Waals surface area (Å²) in [4.78, 5) is 1.27. The second-order valence-electron chi connectivity index (χ2n) is 4.41. The lowest BCUT2D eigenvalue weighted by molar-refractivity contribution is 0.677. The van der Waals surface area contributed by atoms with Gasteiger partial charge in [0.15, 0.2) is 5.01 Å². The molecule has 0 spiro atoms. The molecule has 2 heterocycles. The van der Waals surface area contributed by atoms with Crippen LogP contribution in [0.4, 0.5) is 0 Å². The van der Waals surface area contributed by atoms with E-state index in [0.717, 1.165) is 29.0 Å². The smallest absolute Gasteiger partial charge is 0.158 e. The largest absolute Gasteiger partial charge is 0.314 e. The molecule has 1 fully saturated rings. The molecule has 1 saturated carbocycles. The van der Waals surface area contributed by atoms with Crippen molar-refractivity contribution in [2.75, 3.05) is 6.54 Å². The van der Waals surface area contributed by atoms with Crippen LogP contribution in [0.25, 0.3) is 9.88 Å². The molecule has 2 aromatic rings. The molecule has 2 aromatic heterocycles. The first-order chi connectivity index (χ1) is 8.33. The van der Waals surface area contributed by atoms with Gasteiger partial charge < -0.3 is 5.32 Å². The van der Waals surface area contributed by atoms with Gasteiger partial charge >= 0.3 is 0 Å². The number of nitrogens with one attached hydrogen (secondary N) is 1. The predicted octanol–water partition coefficient (Wildman–Crippen LogP) is 2.87. The van der Waals surface area contributed by atoms with Gasteiger partial charge in [-0.3, -0.25) is 0 Å². The van der Waals surface area contributed by atoms with E-state index in [0.29, 0.717) is 0 Å². The summed E-state index contributed by atoms with van der Waals surface area (Å²) in [6.45, 7) is 3.16. The third kappa shape index (κ3) is 2.73. The SMILES string of the molecule is Cc1ccsc1-c1nnc(CCNC2CC2)s1. The summed E-state index contributed by atoms with van der Waals surface area (Å²) in [6, 6.07) is 2.91. The Morgan fingerprint density at radius 1 is 1.41 bits per heavy atom. The first-order valence-corrected chi connectivity index (χ1v) is 7.63. The molecule has 0 saturated heterocycles. The quantitative estimate of drug-likeness (QED) is 0.903. The van der Waals surface area contributed by atoms with E-state index in [1.165, 1.54) is 23.3 Å². The monoisotopic (exact) mass is 265 g/mol. The van der Waals surface area contributed by atoms with Gasteiger partial charge in [-0.25, -0.2) is 0 Å². The normalized spacial score (nSPS) is 15.4. The van der Waals surface area contributed by atoms with Crippen LogP contribution in [0, 0.1) is 6.92 Å². The lowest BCUT2D eigenvalue weighted by Crippen LogP contribution is -2.19. The van der Waals surface area contributed by atoms with Crippen LogP contribution in [0.1, 0.15) is 23.4 Å². The summed E-state index contributed by atoms with van der Waals surface area (Å²) in [5, 5.41) is 16.4. The number of rotatable bonds is 5. The van der Waals surface area contributed by atoms with Gasteiger partial charge in [-0.1, -0.05) is 11.3 Å². The Bertz CT molecular complexity index is 499. The number of aryl methyl sites for hydroxylation is 1. The molecular formula is C12H15N3S2. The zero-order chi connectivity index (χ0) is 11.7. The average Bonchev–Trinajstić information content (AvgIpc) is 2.85. The van der Waals surface area contributed by atoms with E-state index < -0.39 is 0 Å². The van der Waals surface area contributed by atoms with Gasteiger partial charge in [0.25, 0.3) is 0 Å². The van der Waals surface area contributed by atoms with E-state index in [1.54, 1.807) is 22.7 Å². The van der Waals surface area contributed by atoms with Crippen LogP contribution in [0.2, 0.25) is 0 Å². The van der Waals surface area contributed by atoms with E-state index >= 15 is 0 Å². The molecule has 1 N–H and O–H groups in total. The van der Waals surface area contributed by atoms with Gasteiger partial charge in [0, 0.05) is 19.0 Å². The summed E-state index contributed by atoms with van der Waals surface area (Å²) in [6.07, 6.45) is 3.68. The molecule has 90 valence electrons. The third-order valence-corrected chi connectivity index (χ3v) is 5.03. The lowest BCUT2D eigenvalue weighted by Gasteiger charge is -1.97. The maximum Gasteiger partial charge on any atom is 0.158 e. The van der Waals surface area contributed by atoms with Gasteiger partial charge in [0.2, 0.25) is 0 Å². The van der Waals surface area contributed by atoms with E-state index in [2.05, 4.69) is 33.9 Å². The van der Waals surface area contributed by atoms with E-state index in [-0.39, 0.29) is 0 Å². The van der Waals surface area contributed by atoms with Crippen LogP contribution in [-0.4, -0.2) is 22.8 Å². The summed E-state index contributed by atoms with van der Waals surface area (Å²) in [7, 11) is 0. The number of nitrogens with zero attached hydrogens (tertiary/aromatic N) is 2. The molecule has 1 aliphatic carbocycles. The van der Waals surface area contributed by atoms with Crippen molar-refractivity contribution in [2.45, 2.75) is 32.2 Å². The molecule has 3 nitrogen and oxygen atoms in total. The van der Waals surface area contributed by atoms with Crippen molar-refractivity contribution < 1.29 is 0 Å².